The van der Waals surface area contributed by atoms with E-state index in [0.717, 1.165) is 12.0 Å². The van der Waals surface area contributed by atoms with Crippen LogP contribution in [0.15, 0.2) is 0 Å². The summed E-state index contributed by atoms with van der Waals surface area (Å²) >= 11 is 0. The van der Waals surface area contributed by atoms with Crippen LogP contribution in [0.1, 0.15) is 47.5 Å². The van der Waals surface area contributed by atoms with Gasteiger partial charge in [-0.25, -0.2) is 0 Å². The Labute approximate surface area is 101 Å². The Morgan fingerprint density at radius 2 is 1.56 bits per heavy atom. The average molecular weight is 224 g/mol. The van der Waals surface area contributed by atoms with Gasteiger partial charge in [0.15, 0.2) is 0 Å². The molecule has 94 valence electrons. The van der Waals surface area contributed by atoms with Crippen LogP contribution in [0.25, 0.3) is 0 Å². The molecule has 0 radical (unpaired) electrons. The van der Waals surface area contributed by atoms with Gasteiger partial charge in [-0.2, -0.15) is 0 Å². The van der Waals surface area contributed by atoms with Gasteiger partial charge < -0.3 is 5.32 Å². The third kappa shape index (κ3) is 2.60. The number of piperazine rings is 1. The smallest absolute Gasteiger partial charge is 0.0169 e. The normalized spacial score (nSPS) is 44.8. The first-order valence-electron chi connectivity index (χ1n) is 6.87. The molecule has 0 aromatic carbocycles. The van der Waals surface area contributed by atoms with Gasteiger partial charge in [-0.15, -0.1) is 0 Å². The predicted octanol–water partition coefficient (Wildman–Crippen LogP) is 2.49. The Hall–Kier alpha value is -0.0800. The summed E-state index contributed by atoms with van der Waals surface area (Å²) < 4.78 is 0. The summed E-state index contributed by atoms with van der Waals surface area (Å²) in [6, 6.07) is 2.13. The first-order valence-corrected chi connectivity index (χ1v) is 6.87. The summed E-state index contributed by atoms with van der Waals surface area (Å²) in [6.07, 6.45) is 2.78. The van der Waals surface area contributed by atoms with E-state index < -0.39 is 0 Å². The van der Waals surface area contributed by atoms with Crippen LogP contribution in [0.3, 0.4) is 0 Å². The van der Waals surface area contributed by atoms with Crippen molar-refractivity contribution >= 4 is 0 Å². The van der Waals surface area contributed by atoms with E-state index in [0.29, 0.717) is 17.5 Å². The molecule has 2 fully saturated rings. The molecule has 1 N–H and O–H groups in total. The van der Waals surface area contributed by atoms with E-state index in [1.807, 2.05) is 0 Å². The van der Waals surface area contributed by atoms with Gasteiger partial charge in [0.2, 0.25) is 0 Å². The van der Waals surface area contributed by atoms with Crippen LogP contribution in [0.2, 0.25) is 0 Å². The molecule has 0 aromatic heterocycles. The molecule has 2 rings (SSSR count). The fraction of sp³-hybridized carbons (Fsp3) is 1.00. The highest BCUT2D eigenvalue weighted by molar-refractivity contribution is 4.95. The van der Waals surface area contributed by atoms with Gasteiger partial charge in [0.1, 0.15) is 0 Å². The molecule has 4 unspecified atom stereocenters. The summed E-state index contributed by atoms with van der Waals surface area (Å²) in [7, 11) is 0. The fourth-order valence-electron chi connectivity index (χ4n) is 3.99. The Bertz CT molecular complexity index is 239. The molecule has 1 aliphatic heterocycles. The lowest BCUT2D eigenvalue weighted by Crippen LogP contribution is -2.57. The fourth-order valence-corrected chi connectivity index (χ4v) is 3.99. The molecule has 1 aliphatic carbocycles. The van der Waals surface area contributed by atoms with Gasteiger partial charge in [0.05, 0.1) is 0 Å². The monoisotopic (exact) mass is 224 g/mol. The maximum absolute atomic E-state index is 3.63. The molecule has 2 nitrogen and oxygen atoms in total. The van der Waals surface area contributed by atoms with Crippen LogP contribution >= 0.6 is 0 Å². The minimum Gasteiger partial charge on any atom is -0.309 e. The van der Waals surface area contributed by atoms with Gasteiger partial charge in [-0.1, -0.05) is 20.8 Å². The third-order valence-corrected chi connectivity index (χ3v) is 4.35. The topological polar surface area (TPSA) is 15.3 Å². The van der Waals surface area contributed by atoms with Crippen LogP contribution in [0.5, 0.6) is 0 Å². The number of hydrogen-bond donors (Lipinski definition) is 1. The Kier molecular flexibility index (Phi) is 3.33. The van der Waals surface area contributed by atoms with Crippen molar-refractivity contribution in [2.24, 2.45) is 11.3 Å². The van der Waals surface area contributed by atoms with Gasteiger partial charge >= 0.3 is 0 Å². The van der Waals surface area contributed by atoms with E-state index >= 15 is 0 Å². The molecule has 0 bridgehead atoms. The van der Waals surface area contributed by atoms with Gasteiger partial charge in [-0.05, 0) is 38.0 Å². The Balaban J connectivity index is 2.02. The van der Waals surface area contributed by atoms with Crippen molar-refractivity contribution in [3.8, 4) is 0 Å². The molecule has 0 amide bonds. The average Bonchev–Trinajstić information content (AvgIpc) is 2.38. The van der Waals surface area contributed by atoms with Crippen molar-refractivity contribution in [2.45, 2.75) is 65.6 Å². The van der Waals surface area contributed by atoms with E-state index in [-0.39, 0.29) is 0 Å². The minimum atomic E-state index is 0.557. The number of hydrogen-bond acceptors (Lipinski definition) is 2. The van der Waals surface area contributed by atoms with Crippen molar-refractivity contribution < 1.29 is 0 Å². The molecule has 1 saturated heterocycles. The highest BCUT2D eigenvalue weighted by Crippen LogP contribution is 2.43. The van der Waals surface area contributed by atoms with Crippen LogP contribution in [0.4, 0.5) is 0 Å². The van der Waals surface area contributed by atoms with Crippen molar-refractivity contribution in [1.29, 1.82) is 0 Å². The standard InChI is InChI=1S/C14H28N2/c1-10-6-14(4,5)7-13(10)16-8-11(2)15-12(3)9-16/h10-13,15H,6-9H2,1-5H3. The SMILES string of the molecule is CC1CN(C2CC(C)(C)CC2C)CC(C)N1. The van der Waals surface area contributed by atoms with E-state index in [2.05, 4.69) is 44.8 Å². The molecule has 4 atom stereocenters. The number of nitrogens with one attached hydrogen (secondary N) is 1. The molecular formula is C14H28N2. The highest BCUT2D eigenvalue weighted by atomic mass is 15.2. The summed E-state index contributed by atoms with van der Waals surface area (Å²) in [5.74, 6) is 0.868. The second kappa shape index (κ2) is 4.30. The van der Waals surface area contributed by atoms with Crippen molar-refractivity contribution in [2.75, 3.05) is 13.1 Å². The van der Waals surface area contributed by atoms with E-state index in [4.69, 9.17) is 0 Å². The minimum absolute atomic E-state index is 0.557. The first-order chi connectivity index (χ1) is 7.37. The largest absolute Gasteiger partial charge is 0.309 e. The molecule has 0 spiro atoms. The Morgan fingerprint density at radius 1 is 1.00 bits per heavy atom. The lowest BCUT2D eigenvalue weighted by Gasteiger charge is -2.41. The maximum Gasteiger partial charge on any atom is 0.0169 e. The van der Waals surface area contributed by atoms with Crippen LogP contribution in [-0.2, 0) is 0 Å². The summed E-state index contributed by atoms with van der Waals surface area (Å²) in [6.45, 7) is 14.4. The van der Waals surface area contributed by atoms with Crippen molar-refractivity contribution in [3.63, 3.8) is 0 Å². The number of nitrogens with zero attached hydrogens (tertiary/aromatic N) is 1. The van der Waals surface area contributed by atoms with E-state index in [9.17, 15) is 0 Å². The lowest BCUT2D eigenvalue weighted by molar-refractivity contribution is 0.101. The quantitative estimate of drug-likeness (QED) is 0.736. The zero-order chi connectivity index (χ0) is 11.9. The van der Waals surface area contributed by atoms with Crippen molar-refractivity contribution in [1.82, 2.24) is 10.2 Å². The van der Waals surface area contributed by atoms with Crippen LogP contribution < -0.4 is 5.32 Å². The van der Waals surface area contributed by atoms with Gasteiger partial charge in [0.25, 0.3) is 0 Å². The summed E-state index contributed by atoms with van der Waals surface area (Å²) in [4.78, 5) is 2.74. The van der Waals surface area contributed by atoms with Gasteiger partial charge in [0, 0.05) is 31.2 Å². The van der Waals surface area contributed by atoms with E-state index in [1.165, 1.54) is 25.9 Å². The molecule has 16 heavy (non-hydrogen) atoms. The van der Waals surface area contributed by atoms with Crippen LogP contribution in [0, 0.1) is 11.3 Å². The highest BCUT2D eigenvalue weighted by Gasteiger charge is 2.41. The van der Waals surface area contributed by atoms with Gasteiger partial charge in [-0.3, -0.25) is 4.90 Å². The second-order valence-corrected chi connectivity index (χ2v) is 7.04. The van der Waals surface area contributed by atoms with E-state index in [1.54, 1.807) is 0 Å². The number of rotatable bonds is 1. The molecule has 1 saturated carbocycles. The maximum atomic E-state index is 3.63. The summed E-state index contributed by atoms with van der Waals surface area (Å²) in [5, 5.41) is 3.63. The molecular weight excluding hydrogens is 196 g/mol. The molecule has 2 aliphatic rings. The van der Waals surface area contributed by atoms with Crippen LogP contribution in [-0.4, -0.2) is 36.1 Å². The first kappa shape index (κ1) is 12.4. The Morgan fingerprint density at radius 3 is 2.00 bits per heavy atom. The predicted molar refractivity (Wildman–Crippen MR) is 69.6 cm³/mol. The molecule has 1 heterocycles. The third-order valence-electron chi connectivity index (χ3n) is 4.35. The second-order valence-electron chi connectivity index (χ2n) is 7.04. The zero-order valence-electron chi connectivity index (χ0n) is 11.6. The lowest BCUT2D eigenvalue weighted by atomic mass is 9.91. The summed E-state index contributed by atoms with van der Waals surface area (Å²) in [5.41, 5.74) is 0.557. The zero-order valence-corrected chi connectivity index (χ0v) is 11.6. The molecule has 0 aromatic rings. The van der Waals surface area contributed by atoms with Crippen molar-refractivity contribution in [3.05, 3.63) is 0 Å². The molecule has 2 heteroatoms.